The minimum atomic E-state index is -0.376. The molecule has 0 saturated carbocycles. The first-order valence-corrected chi connectivity index (χ1v) is 5.55. The summed E-state index contributed by atoms with van der Waals surface area (Å²) in [4.78, 5) is 2.03. The highest BCUT2D eigenvalue weighted by molar-refractivity contribution is 5.47. The van der Waals surface area contributed by atoms with Crippen LogP contribution in [0.25, 0.3) is 0 Å². The highest BCUT2D eigenvalue weighted by Gasteiger charge is 2.05. The van der Waals surface area contributed by atoms with Gasteiger partial charge < -0.3 is 10.0 Å². The Morgan fingerprint density at radius 2 is 2.00 bits per heavy atom. The van der Waals surface area contributed by atoms with E-state index >= 15 is 0 Å². The molecule has 1 rings (SSSR count). The molecule has 0 spiro atoms. The van der Waals surface area contributed by atoms with Crippen molar-refractivity contribution in [1.82, 2.24) is 0 Å². The summed E-state index contributed by atoms with van der Waals surface area (Å²) in [6.45, 7) is 2.68. The summed E-state index contributed by atoms with van der Waals surface area (Å²) in [5.74, 6) is 0. The van der Waals surface area contributed by atoms with Crippen LogP contribution in [0.15, 0.2) is 24.3 Å². The van der Waals surface area contributed by atoms with Crippen LogP contribution in [0, 0.1) is 11.3 Å². The summed E-state index contributed by atoms with van der Waals surface area (Å²) in [5.41, 5.74) is 2.02. The molecule has 0 aliphatic carbocycles. The SMILES string of the molecule is CCC(O)c1ccc(N(C)CCC#N)cc1. The topological polar surface area (TPSA) is 47.3 Å². The first-order valence-electron chi connectivity index (χ1n) is 5.55. The molecule has 1 unspecified atom stereocenters. The Balaban J connectivity index is 2.67. The summed E-state index contributed by atoms with van der Waals surface area (Å²) in [5, 5.41) is 18.1. The van der Waals surface area contributed by atoms with Crippen LogP contribution in [0.3, 0.4) is 0 Å². The lowest BCUT2D eigenvalue weighted by Gasteiger charge is -2.18. The van der Waals surface area contributed by atoms with Gasteiger partial charge in [-0.1, -0.05) is 19.1 Å². The molecule has 0 bridgehead atoms. The lowest BCUT2D eigenvalue weighted by atomic mass is 10.1. The van der Waals surface area contributed by atoms with Crippen LogP contribution in [-0.4, -0.2) is 18.7 Å². The molecular formula is C13H18N2O. The van der Waals surface area contributed by atoms with Crippen molar-refractivity contribution in [2.24, 2.45) is 0 Å². The normalized spacial score (nSPS) is 11.9. The predicted molar refractivity (Wildman–Crippen MR) is 65.2 cm³/mol. The maximum Gasteiger partial charge on any atom is 0.0787 e. The zero-order valence-electron chi connectivity index (χ0n) is 9.85. The molecule has 0 amide bonds. The average Bonchev–Trinajstić information content (AvgIpc) is 2.35. The minimum Gasteiger partial charge on any atom is -0.388 e. The van der Waals surface area contributed by atoms with Crippen molar-refractivity contribution in [3.63, 3.8) is 0 Å². The van der Waals surface area contributed by atoms with Crippen LogP contribution in [0.2, 0.25) is 0 Å². The first-order chi connectivity index (χ1) is 7.69. The Morgan fingerprint density at radius 1 is 1.38 bits per heavy atom. The number of hydrogen-bond donors (Lipinski definition) is 1. The van der Waals surface area contributed by atoms with Crippen LogP contribution in [0.5, 0.6) is 0 Å². The largest absolute Gasteiger partial charge is 0.388 e. The molecule has 1 atom stereocenters. The van der Waals surface area contributed by atoms with Gasteiger partial charge in [0.1, 0.15) is 0 Å². The van der Waals surface area contributed by atoms with Gasteiger partial charge in [-0.15, -0.1) is 0 Å². The van der Waals surface area contributed by atoms with E-state index in [1.165, 1.54) is 0 Å². The number of benzene rings is 1. The Bertz CT molecular complexity index is 353. The van der Waals surface area contributed by atoms with E-state index in [0.29, 0.717) is 6.42 Å². The molecule has 0 saturated heterocycles. The van der Waals surface area contributed by atoms with Crippen molar-refractivity contribution in [3.8, 4) is 6.07 Å². The second-order valence-electron chi connectivity index (χ2n) is 3.85. The molecule has 1 aromatic carbocycles. The van der Waals surface area contributed by atoms with Crippen molar-refractivity contribution < 1.29 is 5.11 Å². The molecule has 1 N–H and O–H groups in total. The summed E-state index contributed by atoms with van der Waals surface area (Å²) in [6.07, 6.45) is 0.873. The average molecular weight is 218 g/mol. The number of aliphatic hydroxyl groups excluding tert-OH is 1. The molecule has 0 aromatic heterocycles. The number of nitrogens with zero attached hydrogens (tertiary/aromatic N) is 2. The van der Waals surface area contributed by atoms with Gasteiger partial charge in [-0.3, -0.25) is 0 Å². The molecule has 3 nitrogen and oxygen atoms in total. The highest BCUT2D eigenvalue weighted by Crippen LogP contribution is 2.20. The van der Waals surface area contributed by atoms with Crippen LogP contribution in [0.4, 0.5) is 5.69 Å². The second-order valence-corrected chi connectivity index (χ2v) is 3.85. The van der Waals surface area contributed by atoms with E-state index in [1.807, 2.05) is 43.1 Å². The Kier molecular flexibility index (Phi) is 4.81. The lowest BCUT2D eigenvalue weighted by molar-refractivity contribution is 0.173. The standard InChI is InChI=1S/C13H18N2O/c1-3-13(16)11-5-7-12(8-6-11)15(2)10-4-9-14/h5-8,13,16H,3-4,10H2,1-2H3. The van der Waals surface area contributed by atoms with Gasteiger partial charge in [0.2, 0.25) is 0 Å². The van der Waals surface area contributed by atoms with Crippen LogP contribution < -0.4 is 4.90 Å². The predicted octanol–water partition coefficient (Wildman–Crippen LogP) is 2.48. The second kappa shape index (κ2) is 6.14. The van der Waals surface area contributed by atoms with E-state index in [4.69, 9.17) is 5.26 Å². The molecule has 3 heteroatoms. The van der Waals surface area contributed by atoms with E-state index in [-0.39, 0.29) is 6.10 Å². The van der Waals surface area contributed by atoms with Crippen molar-refractivity contribution in [1.29, 1.82) is 5.26 Å². The smallest absolute Gasteiger partial charge is 0.0787 e. The fraction of sp³-hybridized carbons (Fsp3) is 0.462. The number of rotatable bonds is 5. The van der Waals surface area contributed by atoms with Gasteiger partial charge in [-0.2, -0.15) is 5.26 Å². The van der Waals surface area contributed by atoms with Crippen molar-refractivity contribution in [3.05, 3.63) is 29.8 Å². The maximum absolute atomic E-state index is 9.64. The maximum atomic E-state index is 9.64. The highest BCUT2D eigenvalue weighted by atomic mass is 16.3. The molecule has 86 valence electrons. The number of anilines is 1. The third kappa shape index (κ3) is 3.25. The van der Waals surface area contributed by atoms with E-state index in [1.54, 1.807) is 0 Å². The Hall–Kier alpha value is -1.53. The summed E-state index contributed by atoms with van der Waals surface area (Å²) in [6, 6.07) is 9.95. The fourth-order valence-corrected chi connectivity index (χ4v) is 1.53. The minimum absolute atomic E-state index is 0.376. The number of aliphatic hydroxyl groups is 1. The van der Waals surface area contributed by atoms with E-state index in [9.17, 15) is 5.11 Å². The van der Waals surface area contributed by atoms with E-state index < -0.39 is 0 Å². The molecule has 0 fully saturated rings. The molecule has 0 heterocycles. The molecule has 0 radical (unpaired) electrons. The summed E-state index contributed by atoms with van der Waals surface area (Å²) < 4.78 is 0. The van der Waals surface area contributed by atoms with Gasteiger partial charge in [0.05, 0.1) is 18.6 Å². The van der Waals surface area contributed by atoms with Crippen molar-refractivity contribution in [2.75, 3.05) is 18.5 Å². The van der Waals surface area contributed by atoms with Crippen LogP contribution in [0.1, 0.15) is 31.4 Å². The van der Waals surface area contributed by atoms with Gasteiger partial charge in [-0.05, 0) is 24.1 Å². The molecular weight excluding hydrogens is 200 g/mol. The van der Waals surface area contributed by atoms with E-state index in [0.717, 1.165) is 24.2 Å². The van der Waals surface area contributed by atoms with Crippen molar-refractivity contribution in [2.45, 2.75) is 25.9 Å². The molecule has 0 aliphatic rings. The monoisotopic (exact) mass is 218 g/mol. The Morgan fingerprint density at radius 3 is 2.50 bits per heavy atom. The molecule has 0 aliphatic heterocycles. The quantitative estimate of drug-likeness (QED) is 0.826. The lowest BCUT2D eigenvalue weighted by Crippen LogP contribution is -2.17. The third-order valence-corrected chi connectivity index (χ3v) is 2.66. The van der Waals surface area contributed by atoms with Gasteiger partial charge in [0, 0.05) is 19.3 Å². The molecule has 1 aromatic rings. The Labute approximate surface area is 96.9 Å². The van der Waals surface area contributed by atoms with Crippen LogP contribution in [-0.2, 0) is 0 Å². The molecule has 16 heavy (non-hydrogen) atoms. The zero-order valence-corrected chi connectivity index (χ0v) is 9.85. The summed E-state index contributed by atoms with van der Waals surface area (Å²) >= 11 is 0. The van der Waals surface area contributed by atoms with E-state index in [2.05, 4.69) is 6.07 Å². The van der Waals surface area contributed by atoms with Gasteiger partial charge >= 0.3 is 0 Å². The van der Waals surface area contributed by atoms with Gasteiger partial charge in [0.25, 0.3) is 0 Å². The van der Waals surface area contributed by atoms with Gasteiger partial charge in [-0.25, -0.2) is 0 Å². The van der Waals surface area contributed by atoms with Crippen LogP contribution >= 0.6 is 0 Å². The zero-order chi connectivity index (χ0) is 12.0. The fourth-order valence-electron chi connectivity index (χ4n) is 1.53. The first kappa shape index (κ1) is 12.5. The van der Waals surface area contributed by atoms with Crippen molar-refractivity contribution >= 4 is 5.69 Å². The van der Waals surface area contributed by atoms with Gasteiger partial charge in [0.15, 0.2) is 0 Å². The summed E-state index contributed by atoms with van der Waals surface area (Å²) in [7, 11) is 1.96. The number of hydrogen-bond acceptors (Lipinski definition) is 3. The third-order valence-electron chi connectivity index (χ3n) is 2.66. The number of nitriles is 1.